The molecule has 0 N–H and O–H groups in total. The van der Waals surface area contributed by atoms with E-state index in [4.69, 9.17) is 67.2 Å². The second-order valence-corrected chi connectivity index (χ2v) is 19.6. The van der Waals surface area contributed by atoms with Crippen LogP contribution in [0.15, 0.2) is 60.7 Å². The summed E-state index contributed by atoms with van der Waals surface area (Å²) in [7, 11) is 17.6. The first kappa shape index (κ1) is 66.2. The highest BCUT2D eigenvalue weighted by atomic mass is 19.4. The first-order valence-corrected chi connectivity index (χ1v) is 25.7. The number of nitrogens with zero attached hydrogens (tertiary/aromatic N) is 2. The van der Waals surface area contributed by atoms with Gasteiger partial charge in [-0.3, -0.25) is 9.59 Å². The number of carboxylic acids is 2. The molecule has 6 rings (SSSR count). The molecule has 0 bridgehead atoms. The fraction of sp³-hybridized carbons (Fsp3) is 0.509. The lowest BCUT2D eigenvalue weighted by atomic mass is 9.86. The Morgan fingerprint density at radius 1 is 0.469 bits per heavy atom. The molecule has 0 spiro atoms. The van der Waals surface area contributed by atoms with Gasteiger partial charge in [0.15, 0.2) is 46.0 Å². The van der Waals surface area contributed by atoms with Crippen molar-refractivity contribution in [3.8, 4) is 46.0 Å². The van der Waals surface area contributed by atoms with E-state index in [0.717, 1.165) is 56.3 Å². The molecule has 4 aromatic carbocycles. The highest BCUT2D eigenvalue weighted by Gasteiger charge is 2.42. The lowest BCUT2D eigenvalue weighted by molar-refractivity contribution is -0.940. The highest BCUT2D eigenvalue weighted by Crippen LogP contribution is 2.45. The van der Waals surface area contributed by atoms with Crippen molar-refractivity contribution in [3.05, 3.63) is 94.0 Å². The predicted octanol–water partition coefficient (Wildman–Crippen LogP) is 6.66. The lowest BCUT2D eigenvalue weighted by Crippen LogP contribution is -2.53. The Labute approximate surface area is 467 Å². The number of carbonyl (C=O) groups excluding carboxylic acids is 4. The molecule has 0 radical (unpaired) electrons. The van der Waals surface area contributed by atoms with E-state index >= 15 is 0 Å². The second kappa shape index (κ2) is 29.9. The maximum absolute atomic E-state index is 13.2. The Kier molecular flexibility index (Phi) is 24.4. The number of benzene rings is 4. The third kappa shape index (κ3) is 18.3. The number of hydrogen-bond acceptors (Lipinski definition) is 16. The average Bonchev–Trinajstić information content (AvgIpc) is 3.65. The van der Waals surface area contributed by atoms with Crippen molar-refractivity contribution < 1.29 is 112 Å². The molecular formula is C57H72F6N2O16. The number of esters is 2. The molecule has 81 heavy (non-hydrogen) atoms. The summed E-state index contributed by atoms with van der Waals surface area (Å²) in [6, 6.07) is 20.5. The van der Waals surface area contributed by atoms with Crippen molar-refractivity contribution in [1.29, 1.82) is 0 Å². The standard InChI is InChI=1S/C53H72N2O12.2C2HF3O2/c1-54(22-18-38-32-48(62-7)50(64-9)34-40(38)42(54)28-36-14-16-44(58-3)46(30-36)60-5)24-20-52(56)66-26-12-11-13-27-67-53(57)21-25-55(2)23-19-39-33-49(63-8)51(65-10)35-41(39)43(55)29-37-15-17-45(59-4)47(31-37)61-6;2*3-2(4,5)1(6)7/h14-17,30-35,42-43H,11-13,18-29H2,1-10H3;2*(H,6,7)/q+2;;/p-2/t42-,43-,54-,55-;;/m0../s1. The largest absolute Gasteiger partial charge is 0.542 e. The van der Waals surface area contributed by atoms with E-state index < -0.39 is 24.3 Å². The van der Waals surface area contributed by atoms with Crippen LogP contribution in [0.5, 0.6) is 46.0 Å². The van der Waals surface area contributed by atoms with E-state index in [1.807, 2.05) is 24.3 Å². The minimum Gasteiger partial charge on any atom is -0.542 e. The van der Waals surface area contributed by atoms with Gasteiger partial charge in [0.05, 0.1) is 123 Å². The van der Waals surface area contributed by atoms with E-state index in [9.17, 15) is 35.9 Å². The number of carboxylic acid groups (broad SMARTS) is 2. The SMILES string of the molecule is COc1ccc(C[C@H]2c3cc(OC)c(OC)cc3CC[N@@+]2(C)CCC(=O)OCCCCCOC(=O)CC[N@+]2(C)CCc3cc(OC)c(OC)cc3[C@@H]2Cc2ccc(OC)c(OC)c2)cc1OC.O=C([O-])C(F)(F)F.O=C([O-])C(F)(F)F. The zero-order valence-electron chi connectivity index (χ0n) is 47.2. The van der Waals surface area contributed by atoms with Gasteiger partial charge < -0.3 is 76.1 Å². The minimum atomic E-state index is -5.19. The van der Waals surface area contributed by atoms with Gasteiger partial charge in [0, 0.05) is 36.8 Å². The summed E-state index contributed by atoms with van der Waals surface area (Å²) in [4.78, 5) is 44.0. The zero-order chi connectivity index (χ0) is 60.3. The molecule has 0 aromatic heterocycles. The number of quaternary nitrogens is 2. The lowest BCUT2D eigenvalue weighted by Gasteiger charge is -2.46. The van der Waals surface area contributed by atoms with E-state index in [2.05, 4.69) is 50.5 Å². The molecule has 0 aliphatic carbocycles. The van der Waals surface area contributed by atoms with Gasteiger partial charge in [0.25, 0.3) is 0 Å². The van der Waals surface area contributed by atoms with E-state index in [1.54, 1.807) is 56.9 Å². The number of ether oxygens (including phenoxy) is 10. The molecule has 18 nitrogen and oxygen atoms in total. The van der Waals surface area contributed by atoms with Crippen LogP contribution in [0.2, 0.25) is 0 Å². The number of aliphatic carboxylic acids is 2. The van der Waals surface area contributed by atoms with Gasteiger partial charge in [-0.05, 0) is 90.0 Å². The fourth-order valence-corrected chi connectivity index (χ4v) is 9.91. The van der Waals surface area contributed by atoms with Gasteiger partial charge in [-0.1, -0.05) is 12.1 Å². The number of unbranched alkanes of at least 4 members (excludes halogenated alkanes) is 2. The topological polar surface area (TPSA) is 207 Å². The summed E-state index contributed by atoms with van der Waals surface area (Å²) in [6.45, 7) is 3.57. The summed E-state index contributed by atoms with van der Waals surface area (Å²) >= 11 is 0. The van der Waals surface area contributed by atoms with Crippen LogP contribution in [0.1, 0.15) is 77.6 Å². The van der Waals surface area contributed by atoms with Crippen molar-refractivity contribution in [2.45, 2.75) is 82.2 Å². The molecule has 448 valence electrons. The van der Waals surface area contributed by atoms with Gasteiger partial charge >= 0.3 is 24.3 Å². The Morgan fingerprint density at radius 2 is 0.765 bits per heavy atom. The molecule has 2 aliphatic rings. The van der Waals surface area contributed by atoms with Gasteiger partial charge in [-0.15, -0.1) is 0 Å². The molecule has 2 aliphatic heterocycles. The van der Waals surface area contributed by atoms with Crippen molar-refractivity contribution >= 4 is 23.9 Å². The third-order valence-electron chi connectivity index (χ3n) is 14.5. The normalized spacial score (nSPS) is 18.1. The average molecular weight is 1160 g/mol. The first-order chi connectivity index (χ1) is 38.2. The van der Waals surface area contributed by atoms with Gasteiger partial charge in [-0.2, -0.15) is 26.3 Å². The zero-order valence-corrected chi connectivity index (χ0v) is 47.2. The molecule has 0 amide bonds. The third-order valence-corrected chi connectivity index (χ3v) is 14.5. The second-order valence-electron chi connectivity index (χ2n) is 19.6. The smallest absolute Gasteiger partial charge is 0.430 e. The summed E-state index contributed by atoms with van der Waals surface area (Å²) in [5.74, 6) is -0.956. The number of halogens is 6. The molecule has 4 atom stereocenters. The van der Waals surface area contributed by atoms with Crippen molar-refractivity contribution in [2.75, 3.05) is 110 Å². The van der Waals surface area contributed by atoms with Crippen LogP contribution in [-0.4, -0.2) is 156 Å². The maximum Gasteiger partial charge on any atom is 0.430 e. The van der Waals surface area contributed by atoms with Crippen molar-refractivity contribution in [3.63, 3.8) is 0 Å². The quantitative estimate of drug-likeness (QED) is 0.0311. The number of fused-ring (bicyclic) bond motifs is 2. The number of carbonyl (C=O) groups is 4. The molecule has 0 unspecified atom stereocenters. The van der Waals surface area contributed by atoms with Gasteiger partial charge in [-0.25, -0.2) is 0 Å². The summed E-state index contributed by atoms with van der Waals surface area (Å²) in [5.41, 5.74) is 7.00. The predicted molar refractivity (Wildman–Crippen MR) is 277 cm³/mol. The summed E-state index contributed by atoms with van der Waals surface area (Å²) in [5, 5.41) is 17.6. The van der Waals surface area contributed by atoms with Crippen LogP contribution in [0.4, 0.5) is 26.3 Å². The van der Waals surface area contributed by atoms with Crippen LogP contribution in [0.3, 0.4) is 0 Å². The highest BCUT2D eigenvalue weighted by molar-refractivity contribution is 5.71. The Balaban J connectivity index is 0.000000891. The van der Waals surface area contributed by atoms with Gasteiger partial charge in [0.2, 0.25) is 0 Å². The summed E-state index contributed by atoms with van der Waals surface area (Å²) < 4.78 is 121. The van der Waals surface area contributed by atoms with Crippen molar-refractivity contribution in [1.82, 2.24) is 0 Å². The number of rotatable bonds is 24. The molecule has 4 aromatic rings. The summed E-state index contributed by atoms with van der Waals surface area (Å²) in [6.07, 6.45) is -4.54. The van der Waals surface area contributed by atoms with Gasteiger partial charge in [0.1, 0.15) is 24.0 Å². The number of alkyl halides is 6. The van der Waals surface area contributed by atoms with Crippen molar-refractivity contribution in [2.24, 2.45) is 0 Å². The van der Waals surface area contributed by atoms with E-state index in [-0.39, 0.29) is 24.0 Å². The Hall–Kier alpha value is -7.34. The van der Waals surface area contributed by atoms with Crippen LogP contribution >= 0.6 is 0 Å². The monoisotopic (exact) mass is 1150 g/mol. The van der Waals surface area contributed by atoms with Crippen LogP contribution < -0.4 is 48.1 Å². The molecule has 0 saturated heterocycles. The maximum atomic E-state index is 13.2. The van der Waals surface area contributed by atoms with Crippen LogP contribution in [0, 0.1) is 0 Å². The van der Waals surface area contributed by atoms with E-state index in [0.29, 0.717) is 107 Å². The number of likely N-dealkylation sites (N-methyl/N-ethyl adjacent to an activating group) is 2. The molecule has 24 heteroatoms. The molecular weight excluding hydrogens is 1080 g/mol. The Bertz CT molecular complexity index is 2580. The van der Waals surface area contributed by atoms with Crippen LogP contribution in [-0.2, 0) is 54.3 Å². The van der Waals surface area contributed by atoms with E-state index in [1.165, 1.54) is 22.3 Å². The molecule has 0 fully saturated rings. The number of hydrogen-bond donors (Lipinski definition) is 0. The molecule has 2 heterocycles. The first-order valence-electron chi connectivity index (χ1n) is 25.7. The fourth-order valence-electron chi connectivity index (χ4n) is 9.91. The molecule has 0 saturated carbocycles. The Morgan fingerprint density at radius 3 is 1.06 bits per heavy atom. The number of methoxy groups -OCH3 is 8. The van der Waals surface area contributed by atoms with Crippen LogP contribution in [0.25, 0.3) is 0 Å². The minimum absolute atomic E-state index is 0.0393.